The molecule has 0 radical (unpaired) electrons. The number of ether oxygens (including phenoxy) is 2. The molecule has 12 heteroatoms. The molecule has 0 heterocycles. The average molecular weight is 796 g/mol. The van der Waals surface area contributed by atoms with Crippen molar-refractivity contribution >= 4 is 19.8 Å². The number of aliphatic hydroxyl groups is 2. The zero-order chi connectivity index (χ0) is 40.7. The summed E-state index contributed by atoms with van der Waals surface area (Å²) in [4.78, 5) is 34.8. The van der Waals surface area contributed by atoms with Crippen LogP contribution in [0.5, 0.6) is 0 Å². The second kappa shape index (κ2) is 38.3. The minimum absolute atomic E-state index is 0.00424. The highest BCUT2D eigenvalue weighted by Crippen LogP contribution is 2.43. The summed E-state index contributed by atoms with van der Waals surface area (Å²) in [7, 11) is -4.46. The van der Waals surface area contributed by atoms with Gasteiger partial charge in [-0.2, -0.15) is 0 Å². The Balaban J connectivity index is 4.52. The first-order valence-corrected chi connectivity index (χ1v) is 22.1. The maximum Gasteiger partial charge on any atom is 0.472 e. The molecule has 0 aromatic carbocycles. The molecular formula is C43H74NO10P. The van der Waals surface area contributed by atoms with E-state index in [1.54, 1.807) is 0 Å². The Morgan fingerprint density at radius 2 is 1.11 bits per heavy atom. The van der Waals surface area contributed by atoms with Crippen LogP contribution < -0.4 is 5.73 Å². The third kappa shape index (κ3) is 36.7. The number of phosphoric acid groups is 1. The van der Waals surface area contributed by atoms with Gasteiger partial charge in [0.05, 0.1) is 25.4 Å². The van der Waals surface area contributed by atoms with Gasteiger partial charge in [0.15, 0.2) is 6.10 Å². The van der Waals surface area contributed by atoms with Crippen molar-refractivity contribution in [1.82, 2.24) is 0 Å². The van der Waals surface area contributed by atoms with Gasteiger partial charge in [-0.1, -0.05) is 112 Å². The molecule has 11 nitrogen and oxygen atoms in total. The quantitative estimate of drug-likeness (QED) is 0.0204. The number of nitrogens with two attached hydrogens (primary N) is 1. The summed E-state index contributed by atoms with van der Waals surface area (Å²) in [5.74, 6) is -1.17. The summed E-state index contributed by atoms with van der Waals surface area (Å²) in [6, 6.07) is 0. The van der Waals surface area contributed by atoms with Crippen LogP contribution in [0.4, 0.5) is 0 Å². The Labute approximate surface area is 332 Å². The van der Waals surface area contributed by atoms with Crippen molar-refractivity contribution in [1.29, 1.82) is 0 Å². The lowest BCUT2D eigenvalue weighted by Gasteiger charge is -2.20. The van der Waals surface area contributed by atoms with Gasteiger partial charge in [-0.15, -0.1) is 0 Å². The lowest BCUT2D eigenvalue weighted by molar-refractivity contribution is -0.161. The van der Waals surface area contributed by atoms with Gasteiger partial charge in [0, 0.05) is 19.4 Å². The summed E-state index contributed by atoms with van der Waals surface area (Å²) < 4.78 is 32.5. The van der Waals surface area contributed by atoms with Crippen molar-refractivity contribution in [2.75, 3.05) is 26.4 Å². The number of rotatable bonds is 37. The normalized spacial score (nSPS) is 15.2. The fourth-order valence-corrected chi connectivity index (χ4v) is 5.80. The molecule has 55 heavy (non-hydrogen) atoms. The maximum absolute atomic E-state index is 12.5. The van der Waals surface area contributed by atoms with Crippen LogP contribution in [0.25, 0.3) is 0 Å². The van der Waals surface area contributed by atoms with Gasteiger partial charge in [0.2, 0.25) is 0 Å². The van der Waals surface area contributed by atoms with Crippen molar-refractivity contribution < 1.29 is 47.8 Å². The third-order valence-electron chi connectivity index (χ3n) is 8.27. The lowest BCUT2D eigenvalue weighted by atomic mass is 10.0. The van der Waals surface area contributed by atoms with Gasteiger partial charge in [0.1, 0.15) is 6.61 Å². The number of hydrogen-bond donors (Lipinski definition) is 4. The number of unbranched alkanes of at least 4 members (excludes halogenated alkanes) is 8. The highest BCUT2D eigenvalue weighted by atomic mass is 31.2. The molecule has 5 N–H and O–H groups in total. The monoisotopic (exact) mass is 796 g/mol. The average Bonchev–Trinajstić information content (AvgIpc) is 3.16. The van der Waals surface area contributed by atoms with Crippen LogP contribution in [0.1, 0.15) is 142 Å². The van der Waals surface area contributed by atoms with Crippen LogP contribution in [0, 0.1) is 0 Å². The van der Waals surface area contributed by atoms with Gasteiger partial charge < -0.3 is 30.3 Å². The molecule has 0 bridgehead atoms. The van der Waals surface area contributed by atoms with E-state index < -0.39 is 51.3 Å². The Morgan fingerprint density at radius 1 is 0.618 bits per heavy atom. The zero-order valence-corrected chi connectivity index (χ0v) is 34.7. The van der Waals surface area contributed by atoms with Crippen LogP contribution in [0.3, 0.4) is 0 Å². The highest BCUT2D eigenvalue weighted by Gasteiger charge is 2.26. The van der Waals surface area contributed by atoms with Crippen LogP contribution in [-0.4, -0.2) is 71.7 Å². The number of hydrogen-bond acceptors (Lipinski definition) is 10. The zero-order valence-electron chi connectivity index (χ0n) is 33.9. The summed E-state index contributed by atoms with van der Waals surface area (Å²) in [5.41, 5.74) is 5.32. The summed E-state index contributed by atoms with van der Waals surface area (Å²) in [5, 5.41) is 20.6. The Hall–Kier alpha value is -2.63. The lowest BCUT2D eigenvalue weighted by Crippen LogP contribution is -2.30. The summed E-state index contributed by atoms with van der Waals surface area (Å²) in [6.45, 7) is 3.26. The van der Waals surface area contributed by atoms with Crippen LogP contribution in [0.15, 0.2) is 72.9 Å². The first kappa shape index (κ1) is 52.4. The molecule has 0 spiro atoms. The van der Waals surface area contributed by atoms with Crippen LogP contribution in [0.2, 0.25) is 0 Å². The Bertz CT molecular complexity index is 1170. The van der Waals surface area contributed by atoms with Gasteiger partial charge in [-0.05, 0) is 89.9 Å². The van der Waals surface area contributed by atoms with Crippen LogP contribution in [-0.2, 0) is 32.7 Å². The van der Waals surface area contributed by atoms with E-state index in [9.17, 15) is 29.3 Å². The Kier molecular flexibility index (Phi) is 36.4. The number of phosphoric ester groups is 1. The van der Waals surface area contributed by atoms with Crippen molar-refractivity contribution in [2.45, 2.75) is 161 Å². The highest BCUT2D eigenvalue weighted by molar-refractivity contribution is 7.47. The van der Waals surface area contributed by atoms with Crippen LogP contribution >= 0.6 is 7.82 Å². The smallest absolute Gasteiger partial charge is 0.462 e. The summed E-state index contributed by atoms with van der Waals surface area (Å²) >= 11 is 0. The maximum atomic E-state index is 12.5. The molecule has 3 unspecified atom stereocenters. The van der Waals surface area contributed by atoms with E-state index in [0.717, 1.165) is 51.4 Å². The van der Waals surface area contributed by atoms with E-state index in [0.29, 0.717) is 12.8 Å². The topological polar surface area (TPSA) is 175 Å². The van der Waals surface area contributed by atoms with Gasteiger partial charge in [-0.3, -0.25) is 18.6 Å². The van der Waals surface area contributed by atoms with E-state index in [4.69, 9.17) is 24.3 Å². The molecule has 0 amide bonds. The van der Waals surface area contributed by atoms with Gasteiger partial charge in [0.25, 0.3) is 0 Å². The third-order valence-corrected chi connectivity index (χ3v) is 9.25. The largest absolute Gasteiger partial charge is 0.472 e. The molecule has 316 valence electrons. The van der Waals surface area contributed by atoms with Crippen molar-refractivity contribution in [2.24, 2.45) is 5.73 Å². The fraction of sp³-hybridized carbons (Fsp3) is 0.674. The minimum atomic E-state index is -4.46. The number of aliphatic hydroxyl groups excluding tert-OH is 2. The number of allylic oxidation sites excluding steroid dienone is 11. The molecule has 0 aliphatic rings. The van der Waals surface area contributed by atoms with E-state index >= 15 is 0 Å². The van der Waals surface area contributed by atoms with E-state index in [2.05, 4.69) is 74.6 Å². The Morgan fingerprint density at radius 3 is 1.64 bits per heavy atom. The van der Waals surface area contributed by atoms with Gasteiger partial charge >= 0.3 is 19.8 Å². The van der Waals surface area contributed by atoms with Crippen molar-refractivity contribution in [3.05, 3.63) is 72.9 Å². The predicted molar refractivity (Wildman–Crippen MR) is 222 cm³/mol. The standard InChI is InChI=1S/C43H74NO10P/c1-3-5-7-9-11-13-15-17-18-19-21-23-25-27-29-33-43(48)54-39(38-53-55(49,50)52-36-35-44)37-51-42(47)34-30-32-41(46)40(45)31-28-26-24-22-20-16-14-12-10-8-6-4-2/h11-14,17-18,20-23,26,28,39-41,45-46H,3-10,15-16,19,24-25,27,29-38,44H2,1-2H3,(H,49,50)/b13-11-,14-12-,18-17-,22-20-,23-21-,28-26-/t39-,40?,41?/m1/s1. The molecule has 0 aromatic rings. The molecule has 0 aliphatic carbocycles. The first-order valence-electron chi connectivity index (χ1n) is 20.6. The molecule has 0 aliphatic heterocycles. The van der Waals surface area contributed by atoms with E-state index in [1.807, 2.05) is 12.2 Å². The van der Waals surface area contributed by atoms with Crippen molar-refractivity contribution in [3.8, 4) is 0 Å². The summed E-state index contributed by atoms with van der Waals surface area (Å²) in [6.07, 6.45) is 38.2. The number of carbonyl (C=O) groups excluding carboxylic acids is 2. The molecule has 4 atom stereocenters. The molecule has 0 saturated carbocycles. The fourth-order valence-electron chi connectivity index (χ4n) is 5.04. The van der Waals surface area contributed by atoms with E-state index in [-0.39, 0.29) is 38.8 Å². The van der Waals surface area contributed by atoms with Gasteiger partial charge in [-0.25, -0.2) is 4.57 Å². The molecule has 0 saturated heterocycles. The number of esters is 2. The molecule has 0 aromatic heterocycles. The second-order valence-corrected chi connectivity index (χ2v) is 14.9. The SMILES string of the molecule is CCCCC/C=C\C/C=C\C/C=C\CCCCC(=O)O[C@H](COC(=O)CCCC(O)C(O)C/C=C\C/C=C\C/C=C\CCCCC)COP(=O)(O)OCCN. The first-order chi connectivity index (χ1) is 26.6. The van der Waals surface area contributed by atoms with E-state index in [1.165, 1.54) is 38.5 Å². The van der Waals surface area contributed by atoms with Crippen molar-refractivity contribution in [3.63, 3.8) is 0 Å². The second-order valence-electron chi connectivity index (χ2n) is 13.5. The minimum Gasteiger partial charge on any atom is -0.462 e. The molecule has 0 fully saturated rings. The predicted octanol–water partition coefficient (Wildman–Crippen LogP) is 9.43. The molecular weight excluding hydrogens is 721 g/mol. The number of carbonyl (C=O) groups is 2. The molecule has 0 rings (SSSR count).